The zero-order valence-electron chi connectivity index (χ0n) is 19.6. The van der Waals surface area contributed by atoms with E-state index in [1.807, 2.05) is 0 Å². The number of hydrogen-bond acceptors (Lipinski definition) is 0. The third-order valence-corrected chi connectivity index (χ3v) is 7.33. The minimum absolute atomic E-state index is 0.866. The Morgan fingerprint density at radius 2 is 1.03 bits per heavy atom. The highest BCUT2D eigenvalue weighted by atomic mass is 15.0. The van der Waals surface area contributed by atoms with Crippen molar-refractivity contribution < 1.29 is 0 Å². The maximum atomic E-state index is 2.47. The first kappa shape index (κ1) is 20.1. The average Bonchev–Trinajstić information content (AvgIpc) is 3.24. The van der Waals surface area contributed by atoms with Crippen LogP contribution in [0, 0.1) is 0 Å². The number of nitrogens with zero attached hydrogens (tertiary/aromatic N) is 2. The molecule has 35 heavy (non-hydrogen) atoms. The van der Waals surface area contributed by atoms with Crippen LogP contribution in [-0.2, 0) is 19.5 Å². The highest BCUT2D eigenvalue weighted by Crippen LogP contribution is 2.31. The van der Waals surface area contributed by atoms with Gasteiger partial charge >= 0.3 is 0 Å². The van der Waals surface area contributed by atoms with E-state index in [4.69, 9.17) is 0 Å². The van der Waals surface area contributed by atoms with Crippen LogP contribution in [-0.4, -0.2) is 9.13 Å². The summed E-state index contributed by atoms with van der Waals surface area (Å²) in [6, 6.07) is 35.4. The molecule has 0 unspecified atom stereocenters. The minimum Gasteiger partial charge on any atom is -0.336 e. The van der Waals surface area contributed by atoms with Crippen LogP contribution in [0.25, 0.3) is 38.8 Å². The summed E-state index contributed by atoms with van der Waals surface area (Å²) >= 11 is 0. The van der Waals surface area contributed by atoms with Crippen molar-refractivity contribution >= 4 is 38.8 Å². The van der Waals surface area contributed by atoms with Crippen molar-refractivity contribution in [1.82, 2.24) is 9.13 Å². The van der Waals surface area contributed by atoms with E-state index in [1.54, 1.807) is 0 Å². The lowest BCUT2D eigenvalue weighted by molar-refractivity contribution is 0.819. The predicted octanol–water partition coefficient (Wildman–Crippen LogP) is 7.97. The Labute approximate surface area is 205 Å². The molecular formula is C33H26N2. The van der Waals surface area contributed by atoms with Crippen LogP contribution in [0.3, 0.4) is 0 Å². The molecule has 7 rings (SSSR count). The Bertz CT molecular complexity index is 1700. The van der Waals surface area contributed by atoms with Gasteiger partial charge in [-0.15, -0.1) is 0 Å². The van der Waals surface area contributed by atoms with Crippen LogP contribution in [0.2, 0.25) is 0 Å². The van der Waals surface area contributed by atoms with E-state index < -0.39 is 0 Å². The Kier molecular flexibility index (Phi) is 4.70. The molecule has 2 heteroatoms. The van der Waals surface area contributed by atoms with E-state index >= 15 is 0 Å². The van der Waals surface area contributed by atoms with Gasteiger partial charge in [0.05, 0.1) is 0 Å². The first-order chi connectivity index (χ1) is 17.4. The zero-order chi connectivity index (χ0) is 23.2. The lowest BCUT2D eigenvalue weighted by Gasteiger charge is -2.12. The molecule has 1 aliphatic rings. The number of para-hydroxylation sites is 3. The van der Waals surface area contributed by atoms with Gasteiger partial charge < -0.3 is 9.13 Å². The fraction of sp³-hybridized carbons (Fsp3) is 0.0909. The summed E-state index contributed by atoms with van der Waals surface area (Å²) in [6.45, 7) is 1.74. The molecule has 168 valence electrons. The SMILES string of the molecule is C1=CCc2c(n(Cc3ccc(Cn4c5ccccc5c5ccccc54)cc3)c3ccccc23)C=C1. The summed E-state index contributed by atoms with van der Waals surface area (Å²) in [4.78, 5) is 0. The number of aromatic nitrogens is 2. The Balaban J connectivity index is 1.24. The second-order valence-corrected chi connectivity index (χ2v) is 9.40. The van der Waals surface area contributed by atoms with Gasteiger partial charge in [-0.05, 0) is 47.4 Å². The first-order valence-electron chi connectivity index (χ1n) is 12.3. The molecule has 0 N–H and O–H groups in total. The van der Waals surface area contributed by atoms with E-state index in [1.165, 1.54) is 55.1 Å². The number of fused-ring (bicyclic) bond motifs is 6. The second-order valence-electron chi connectivity index (χ2n) is 9.40. The molecule has 0 fully saturated rings. The summed E-state index contributed by atoms with van der Waals surface area (Å²) in [7, 11) is 0. The van der Waals surface area contributed by atoms with Crippen LogP contribution in [0.1, 0.15) is 22.4 Å². The smallest absolute Gasteiger partial charge is 0.0494 e. The first-order valence-corrected chi connectivity index (χ1v) is 12.3. The summed E-state index contributed by atoms with van der Waals surface area (Å²) in [5.41, 5.74) is 9.29. The minimum atomic E-state index is 0.866. The van der Waals surface area contributed by atoms with E-state index in [0.29, 0.717) is 0 Å². The third kappa shape index (κ3) is 3.33. The van der Waals surface area contributed by atoms with Gasteiger partial charge in [-0.1, -0.05) is 97.1 Å². The van der Waals surface area contributed by atoms with Crippen molar-refractivity contribution in [3.63, 3.8) is 0 Å². The van der Waals surface area contributed by atoms with E-state index in [-0.39, 0.29) is 0 Å². The number of allylic oxidation sites excluding steroid dienone is 3. The van der Waals surface area contributed by atoms with E-state index in [0.717, 1.165) is 19.5 Å². The van der Waals surface area contributed by atoms with Crippen LogP contribution in [0.4, 0.5) is 0 Å². The molecule has 0 aliphatic heterocycles. The molecule has 2 heterocycles. The molecule has 0 bridgehead atoms. The molecule has 0 spiro atoms. The summed E-state index contributed by atoms with van der Waals surface area (Å²) < 4.78 is 4.91. The quantitative estimate of drug-likeness (QED) is 0.258. The predicted molar refractivity (Wildman–Crippen MR) is 148 cm³/mol. The van der Waals surface area contributed by atoms with E-state index in [2.05, 4.69) is 131 Å². The monoisotopic (exact) mass is 450 g/mol. The van der Waals surface area contributed by atoms with Crippen molar-refractivity contribution in [2.75, 3.05) is 0 Å². The largest absolute Gasteiger partial charge is 0.336 e. The summed E-state index contributed by atoms with van der Waals surface area (Å²) in [5.74, 6) is 0. The van der Waals surface area contributed by atoms with Crippen molar-refractivity contribution in [1.29, 1.82) is 0 Å². The molecule has 2 aromatic heterocycles. The van der Waals surface area contributed by atoms with Gasteiger partial charge in [0, 0.05) is 51.5 Å². The van der Waals surface area contributed by atoms with Gasteiger partial charge in [-0.3, -0.25) is 0 Å². The van der Waals surface area contributed by atoms with Gasteiger partial charge in [0.1, 0.15) is 0 Å². The van der Waals surface area contributed by atoms with Crippen molar-refractivity contribution in [2.24, 2.45) is 0 Å². The molecule has 0 amide bonds. The summed E-state index contributed by atoms with van der Waals surface area (Å²) in [5, 5.41) is 4.01. The number of hydrogen-bond donors (Lipinski definition) is 0. The molecule has 0 saturated heterocycles. The third-order valence-electron chi connectivity index (χ3n) is 7.33. The standard InChI is InChI=1S/C33H26N2/c1-2-10-26-27-11-4-7-15-31(27)34(30(26)14-3-1)22-24-18-20-25(21-19-24)23-35-32-16-8-5-12-28(32)29-13-6-9-17-33(29)35/h1-9,11-21H,10,22-23H2. The average molecular weight is 451 g/mol. The summed E-state index contributed by atoms with van der Waals surface area (Å²) in [6.07, 6.45) is 9.81. The van der Waals surface area contributed by atoms with Crippen LogP contribution in [0.5, 0.6) is 0 Å². The maximum Gasteiger partial charge on any atom is 0.0494 e. The lowest BCUT2D eigenvalue weighted by Crippen LogP contribution is -2.03. The highest BCUT2D eigenvalue weighted by Gasteiger charge is 2.15. The molecule has 4 aromatic carbocycles. The van der Waals surface area contributed by atoms with Gasteiger partial charge in [-0.2, -0.15) is 0 Å². The second kappa shape index (κ2) is 8.18. The Morgan fingerprint density at radius 3 is 1.66 bits per heavy atom. The maximum absolute atomic E-state index is 2.47. The van der Waals surface area contributed by atoms with Gasteiger partial charge in [0.15, 0.2) is 0 Å². The number of rotatable bonds is 4. The van der Waals surface area contributed by atoms with Crippen LogP contribution in [0.15, 0.2) is 115 Å². The zero-order valence-corrected chi connectivity index (χ0v) is 19.6. The normalized spacial score (nSPS) is 13.0. The molecule has 0 atom stereocenters. The molecule has 1 aliphatic carbocycles. The fourth-order valence-corrected chi connectivity index (χ4v) is 5.67. The van der Waals surface area contributed by atoms with Crippen molar-refractivity contribution in [3.8, 4) is 0 Å². The highest BCUT2D eigenvalue weighted by molar-refractivity contribution is 6.08. The Hall–Kier alpha value is -4.30. The molecule has 0 radical (unpaired) electrons. The Morgan fingerprint density at radius 1 is 0.514 bits per heavy atom. The van der Waals surface area contributed by atoms with Crippen molar-refractivity contribution in [2.45, 2.75) is 19.5 Å². The van der Waals surface area contributed by atoms with Crippen LogP contribution < -0.4 is 0 Å². The lowest BCUT2D eigenvalue weighted by atomic mass is 10.1. The van der Waals surface area contributed by atoms with Crippen molar-refractivity contribution in [3.05, 3.63) is 138 Å². The molecule has 2 nitrogen and oxygen atoms in total. The van der Waals surface area contributed by atoms with Gasteiger partial charge in [-0.25, -0.2) is 0 Å². The van der Waals surface area contributed by atoms with Gasteiger partial charge in [0.25, 0.3) is 0 Å². The van der Waals surface area contributed by atoms with Crippen LogP contribution >= 0.6 is 0 Å². The number of benzene rings is 4. The molecule has 0 saturated carbocycles. The molecule has 6 aromatic rings. The van der Waals surface area contributed by atoms with E-state index in [9.17, 15) is 0 Å². The fourth-order valence-electron chi connectivity index (χ4n) is 5.67. The molecular weight excluding hydrogens is 424 g/mol. The topological polar surface area (TPSA) is 9.86 Å². The van der Waals surface area contributed by atoms with Gasteiger partial charge in [0.2, 0.25) is 0 Å².